The van der Waals surface area contributed by atoms with Crippen LogP contribution in [0.15, 0.2) is 30.3 Å². The van der Waals surface area contributed by atoms with Crippen LogP contribution in [0.4, 0.5) is 10.6 Å². The Kier molecular flexibility index (Phi) is 8.62. The predicted octanol–water partition coefficient (Wildman–Crippen LogP) is 3.40. The number of hydrogen-bond acceptors (Lipinski definition) is 5. The van der Waals surface area contributed by atoms with E-state index in [4.69, 9.17) is 9.84 Å². The lowest BCUT2D eigenvalue weighted by atomic mass is 9.92. The molecule has 0 radical (unpaired) electrons. The van der Waals surface area contributed by atoms with Gasteiger partial charge in [-0.3, -0.25) is 9.59 Å². The SMILES string of the molecule is CCOC(=O)CNC(=O)N(CC(=O)Nc1cc(C(C)(C)C)nn1-c1ccccc1C)C(C)C. The molecule has 0 saturated heterocycles. The summed E-state index contributed by atoms with van der Waals surface area (Å²) in [5, 5.41) is 10.1. The van der Waals surface area contributed by atoms with E-state index in [1.807, 2.05) is 37.3 Å². The number of aryl methyl sites for hydroxylation is 1. The van der Waals surface area contributed by atoms with Crippen LogP contribution >= 0.6 is 0 Å². The van der Waals surface area contributed by atoms with Gasteiger partial charge in [-0.25, -0.2) is 9.48 Å². The lowest BCUT2D eigenvalue weighted by molar-refractivity contribution is -0.141. The lowest BCUT2D eigenvalue weighted by Crippen LogP contribution is -2.48. The van der Waals surface area contributed by atoms with Crippen molar-refractivity contribution in [1.29, 1.82) is 0 Å². The van der Waals surface area contributed by atoms with Gasteiger partial charge < -0.3 is 20.3 Å². The van der Waals surface area contributed by atoms with Gasteiger partial charge in [0.15, 0.2) is 0 Å². The highest BCUT2D eigenvalue weighted by Crippen LogP contribution is 2.27. The number of esters is 1. The van der Waals surface area contributed by atoms with Gasteiger partial charge in [0.1, 0.15) is 18.9 Å². The number of amides is 3. The fourth-order valence-corrected chi connectivity index (χ4v) is 3.11. The topological polar surface area (TPSA) is 106 Å². The molecular weight excluding hydrogens is 422 g/mol. The first-order chi connectivity index (χ1) is 15.4. The molecule has 0 aliphatic heterocycles. The van der Waals surface area contributed by atoms with Gasteiger partial charge >= 0.3 is 12.0 Å². The summed E-state index contributed by atoms with van der Waals surface area (Å²) in [5.41, 5.74) is 2.48. The van der Waals surface area contributed by atoms with E-state index >= 15 is 0 Å². The highest BCUT2D eigenvalue weighted by molar-refractivity contribution is 5.94. The Morgan fingerprint density at radius 1 is 1.18 bits per heavy atom. The van der Waals surface area contributed by atoms with Gasteiger partial charge in [0.05, 0.1) is 18.0 Å². The Morgan fingerprint density at radius 2 is 1.85 bits per heavy atom. The number of para-hydroxylation sites is 1. The van der Waals surface area contributed by atoms with Crippen LogP contribution in [0.5, 0.6) is 0 Å². The van der Waals surface area contributed by atoms with Crippen LogP contribution in [-0.2, 0) is 19.7 Å². The van der Waals surface area contributed by atoms with Gasteiger partial charge in [0, 0.05) is 17.5 Å². The molecule has 2 rings (SSSR count). The third-order valence-electron chi connectivity index (χ3n) is 4.98. The van der Waals surface area contributed by atoms with Gasteiger partial charge in [-0.05, 0) is 39.3 Å². The zero-order valence-corrected chi connectivity index (χ0v) is 20.6. The molecule has 9 heteroatoms. The number of anilines is 1. The van der Waals surface area contributed by atoms with Crippen molar-refractivity contribution in [3.05, 3.63) is 41.6 Å². The molecule has 2 N–H and O–H groups in total. The Labute approximate surface area is 195 Å². The van der Waals surface area contributed by atoms with Crippen molar-refractivity contribution in [2.24, 2.45) is 0 Å². The van der Waals surface area contributed by atoms with Crippen LogP contribution < -0.4 is 10.6 Å². The maximum atomic E-state index is 12.9. The van der Waals surface area contributed by atoms with Crippen LogP contribution in [0, 0.1) is 6.92 Å². The van der Waals surface area contributed by atoms with Crippen molar-refractivity contribution < 1.29 is 19.1 Å². The molecule has 1 aromatic heterocycles. The molecule has 3 amide bonds. The van der Waals surface area contributed by atoms with Crippen molar-refractivity contribution in [1.82, 2.24) is 20.0 Å². The average Bonchev–Trinajstić information content (AvgIpc) is 3.14. The molecule has 0 unspecified atom stereocenters. The Balaban J connectivity index is 2.22. The third-order valence-corrected chi connectivity index (χ3v) is 4.98. The zero-order chi connectivity index (χ0) is 24.8. The van der Waals surface area contributed by atoms with Crippen molar-refractivity contribution in [3.8, 4) is 5.69 Å². The van der Waals surface area contributed by atoms with E-state index in [0.717, 1.165) is 16.9 Å². The van der Waals surface area contributed by atoms with E-state index in [1.165, 1.54) is 4.90 Å². The maximum Gasteiger partial charge on any atom is 0.325 e. The average molecular weight is 458 g/mol. The number of nitrogens with one attached hydrogen (secondary N) is 2. The number of rotatable bonds is 8. The largest absolute Gasteiger partial charge is 0.465 e. The quantitative estimate of drug-likeness (QED) is 0.591. The lowest BCUT2D eigenvalue weighted by Gasteiger charge is -2.26. The van der Waals surface area contributed by atoms with Crippen molar-refractivity contribution >= 4 is 23.7 Å². The van der Waals surface area contributed by atoms with E-state index in [0.29, 0.717) is 5.82 Å². The molecule has 0 bridgehead atoms. The van der Waals surface area contributed by atoms with Gasteiger partial charge in [-0.15, -0.1) is 0 Å². The number of benzene rings is 1. The van der Waals surface area contributed by atoms with E-state index in [1.54, 1.807) is 25.5 Å². The molecule has 9 nitrogen and oxygen atoms in total. The van der Waals surface area contributed by atoms with Crippen LogP contribution in [0.3, 0.4) is 0 Å². The Bertz CT molecular complexity index is 991. The summed E-state index contributed by atoms with van der Waals surface area (Å²) in [6.45, 7) is 13.2. The number of aromatic nitrogens is 2. The molecule has 0 atom stereocenters. The highest BCUT2D eigenvalue weighted by atomic mass is 16.5. The second kappa shape index (κ2) is 11.0. The van der Waals surface area contributed by atoms with Crippen molar-refractivity contribution in [2.45, 2.75) is 59.9 Å². The van der Waals surface area contributed by atoms with Gasteiger partial charge in [-0.1, -0.05) is 39.0 Å². The monoisotopic (exact) mass is 457 g/mol. The molecule has 0 spiro atoms. The number of urea groups is 1. The van der Waals surface area contributed by atoms with Crippen molar-refractivity contribution in [2.75, 3.05) is 25.0 Å². The van der Waals surface area contributed by atoms with Gasteiger partial charge in [-0.2, -0.15) is 5.10 Å². The second-order valence-electron chi connectivity index (χ2n) is 9.10. The summed E-state index contributed by atoms with van der Waals surface area (Å²) in [5.74, 6) is -0.379. The molecule has 0 aliphatic carbocycles. The molecule has 180 valence electrons. The minimum absolute atomic E-state index is 0.184. The summed E-state index contributed by atoms with van der Waals surface area (Å²) in [6, 6.07) is 8.86. The fraction of sp³-hybridized carbons (Fsp3) is 0.500. The first kappa shape index (κ1) is 25.9. The number of carbonyl (C=O) groups excluding carboxylic acids is 3. The summed E-state index contributed by atoms with van der Waals surface area (Å²) < 4.78 is 6.54. The smallest absolute Gasteiger partial charge is 0.325 e. The molecule has 0 fully saturated rings. The molecule has 0 saturated carbocycles. The standard InChI is InChI=1S/C24H35N5O4/c1-8-33-22(31)14-25-23(32)28(16(2)3)15-21(30)26-20-13-19(24(5,6)7)27-29(20)18-12-10-9-11-17(18)4/h9-13,16H,8,14-15H2,1-7H3,(H,25,32)(H,26,30). The minimum Gasteiger partial charge on any atom is -0.465 e. The first-order valence-electron chi connectivity index (χ1n) is 11.1. The molecule has 2 aromatic rings. The van der Waals surface area contributed by atoms with Gasteiger partial charge in [0.2, 0.25) is 5.91 Å². The number of ether oxygens (including phenoxy) is 1. The third kappa shape index (κ3) is 7.06. The van der Waals surface area contributed by atoms with E-state index in [-0.39, 0.29) is 37.1 Å². The summed E-state index contributed by atoms with van der Waals surface area (Å²) >= 11 is 0. The summed E-state index contributed by atoms with van der Waals surface area (Å²) in [4.78, 5) is 38.4. The summed E-state index contributed by atoms with van der Waals surface area (Å²) in [7, 11) is 0. The molecule has 1 heterocycles. The van der Waals surface area contributed by atoms with Crippen molar-refractivity contribution in [3.63, 3.8) is 0 Å². The number of hydrogen-bond donors (Lipinski definition) is 2. The van der Waals surface area contributed by atoms with E-state index in [9.17, 15) is 14.4 Å². The number of carbonyl (C=O) groups is 3. The minimum atomic E-state index is -0.532. The van der Waals surface area contributed by atoms with Crippen LogP contribution in [0.1, 0.15) is 52.8 Å². The highest BCUT2D eigenvalue weighted by Gasteiger charge is 2.24. The maximum absolute atomic E-state index is 12.9. The molecular formula is C24H35N5O4. The van der Waals surface area contributed by atoms with Crippen LogP contribution in [0.25, 0.3) is 5.69 Å². The van der Waals surface area contributed by atoms with E-state index < -0.39 is 12.0 Å². The first-order valence-corrected chi connectivity index (χ1v) is 11.1. The predicted molar refractivity (Wildman–Crippen MR) is 128 cm³/mol. The number of nitrogens with zero attached hydrogens (tertiary/aromatic N) is 3. The Morgan fingerprint density at radius 3 is 2.42 bits per heavy atom. The van der Waals surface area contributed by atoms with Gasteiger partial charge in [0.25, 0.3) is 0 Å². The Hall–Kier alpha value is -3.36. The molecule has 33 heavy (non-hydrogen) atoms. The van der Waals surface area contributed by atoms with Crippen LogP contribution in [0.2, 0.25) is 0 Å². The second-order valence-corrected chi connectivity index (χ2v) is 9.10. The normalized spacial score (nSPS) is 11.3. The van der Waals surface area contributed by atoms with E-state index in [2.05, 4.69) is 31.4 Å². The molecule has 1 aromatic carbocycles. The molecule has 0 aliphatic rings. The fourth-order valence-electron chi connectivity index (χ4n) is 3.11. The summed E-state index contributed by atoms with van der Waals surface area (Å²) in [6.07, 6.45) is 0. The zero-order valence-electron chi connectivity index (χ0n) is 20.6. The van der Waals surface area contributed by atoms with Crippen LogP contribution in [-0.4, -0.2) is 58.3 Å².